The number of pyridine rings is 1. The number of nitrogens with zero attached hydrogens (tertiary/aromatic N) is 1. The smallest absolute Gasteiger partial charge is 0.222 e. The average molecular weight is 261 g/mol. The number of amides is 1. The summed E-state index contributed by atoms with van der Waals surface area (Å²) in [6.45, 7) is 1.98. The van der Waals surface area contributed by atoms with Crippen LogP contribution in [-0.4, -0.2) is 16.4 Å². The molecule has 4 nitrogen and oxygen atoms in total. The molecule has 0 aliphatic heterocycles. The Labute approximate surface area is 114 Å². The van der Waals surface area contributed by atoms with Crippen molar-refractivity contribution in [3.63, 3.8) is 0 Å². The van der Waals surface area contributed by atoms with E-state index >= 15 is 0 Å². The third-order valence-corrected chi connectivity index (χ3v) is 3.95. The molecule has 1 atom stereocenters. The van der Waals surface area contributed by atoms with E-state index in [0.29, 0.717) is 6.42 Å². The van der Waals surface area contributed by atoms with Gasteiger partial charge in [0.15, 0.2) is 0 Å². The molecule has 19 heavy (non-hydrogen) atoms. The van der Waals surface area contributed by atoms with Gasteiger partial charge in [-0.3, -0.25) is 9.78 Å². The summed E-state index contributed by atoms with van der Waals surface area (Å²) in [5.74, 6) is 0.0497. The number of nitrogens with one attached hydrogen (secondary N) is 1. The maximum Gasteiger partial charge on any atom is 0.222 e. The fourth-order valence-electron chi connectivity index (χ4n) is 2.78. The van der Waals surface area contributed by atoms with Crippen LogP contribution in [0.2, 0.25) is 0 Å². The molecule has 4 heteroatoms. The van der Waals surface area contributed by atoms with Crippen LogP contribution in [0.5, 0.6) is 0 Å². The van der Waals surface area contributed by atoms with Gasteiger partial charge in [-0.05, 0) is 37.5 Å². The lowest BCUT2D eigenvalue weighted by atomic mass is 9.80. The molecule has 1 amide bonds. The average Bonchev–Trinajstić information content (AvgIpc) is 2.39. The molecule has 1 aliphatic rings. The third kappa shape index (κ3) is 4.03. The number of carbonyl (C=O) groups excluding carboxylic acids is 1. The highest BCUT2D eigenvalue weighted by Crippen LogP contribution is 2.28. The number of rotatable bonds is 4. The molecule has 0 bridgehead atoms. The summed E-state index contributed by atoms with van der Waals surface area (Å²) in [5.41, 5.74) is 7.08. The summed E-state index contributed by atoms with van der Waals surface area (Å²) in [6, 6.07) is 3.84. The largest absolute Gasteiger partial charge is 0.350 e. The maximum absolute atomic E-state index is 12.1. The zero-order valence-corrected chi connectivity index (χ0v) is 11.6. The standard InChI is InChI=1S/C15H23N3O/c1-12(13-5-9-17-10-6-13)18-14(19)11-15(16)7-3-2-4-8-15/h5-6,9-10,12H,2-4,7-8,11,16H2,1H3,(H,18,19). The van der Waals surface area contributed by atoms with Crippen LogP contribution in [0.1, 0.15) is 57.1 Å². The van der Waals surface area contributed by atoms with Gasteiger partial charge in [0, 0.05) is 24.4 Å². The first-order valence-electron chi connectivity index (χ1n) is 7.07. The molecule has 0 spiro atoms. The molecular weight excluding hydrogens is 238 g/mol. The van der Waals surface area contributed by atoms with Crippen molar-refractivity contribution in [2.45, 2.75) is 57.0 Å². The molecule has 1 aliphatic carbocycles. The highest BCUT2D eigenvalue weighted by Gasteiger charge is 2.30. The Morgan fingerprint density at radius 1 is 1.37 bits per heavy atom. The predicted octanol–water partition coefficient (Wildman–Crippen LogP) is 2.31. The monoisotopic (exact) mass is 261 g/mol. The maximum atomic E-state index is 12.1. The normalized spacial score (nSPS) is 19.7. The van der Waals surface area contributed by atoms with Gasteiger partial charge < -0.3 is 11.1 Å². The van der Waals surface area contributed by atoms with Gasteiger partial charge in [0.2, 0.25) is 5.91 Å². The summed E-state index contributed by atoms with van der Waals surface area (Å²) in [4.78, 5) is 16.1. The van der Waals surface area contributed by atoms with E-state index in [1.807, 2.05) is 19.1 Å². The van der Waals surface area contributed by atoms with Gasteiger partial charge in [-0.25, -0.2) is 0 Å². The highest BCUT2D eigenvalue weighted by atomic mass is 16.1. The van der Waals surface area contributed by atoms with Crippen LogP contribution in [0.3, 0.4) is 0 Å². The minimum absolute atomic E-state index is 0.00249. The van der Waals surface area contributed by atoms with Gasteiger partial charge in [0.05, 0.1) is 6.04 Å². The molecule has 1 aromatic rings. The molecule has 1 fully saturated rings. The highest BCUT2D eigenvalue weighted by molar-refractivity contribution is 5.77. The Balaban J connectivity index is 1.87. The predicted molar refractivity (Wildman–Crippen MR) is 75.4 cm³/mol. The fourth-order valence-corrected chi connectivity index (χ4v) is 2.78. The van der Waals surface area contributed by atoms with Gasteiger partial charge in [-0.2, -0.15) is 0 Å². The van der Waals surface area contributed by atoms with E-state index in [-0.39, 0.29) is 17.5 Å². The van der Waals surface area contributed by atoms with Crippen LogP contribution in [0.25, 0.3) is 0 Å². The van der Waals surface area contributed by atoms with Crippen LogP contribution >= 0.6 is 0 Å². The van der Waals surface area contributed by atoms with Gasteiger partial charge in [0.25, 0.3) is 0 Å². The van der Waals surface area contributed by atoms with Gasteiger partial charge in [-0.15, -0.1) is 0 Å². The lowest BCUT2D eigenvalue weighted by molar-refractivity contribution is -0.123. The quantitative estimate of drug-likeness (QED) is 0.874. The molecule has 1 aromatic heterocycles. The van der Waals surface area contributed by atoms with E-state index < -0.39 is 0 Å². The van der Waals surface area contributed by atoms with Crippen LogP contribution in [0, 0.1) is 0 Å². The first kappa shape index (κ1) is 14.0. The molecule has 0 saturated heterocycles. The van der Waals surface area contributed by atoms with Crippen molar-refractivity contribution >= 4 is 5.91 Å². The molecule has 1 saturated carbocycles. The minimum Gasteiger partial charge on any atom is -0.350 e. The number of aromatic nitrogens is 1. The minimum atomic E-state index is -0.291. The van der Waals surface area contributed by atoms with Crippen molar-refractivity contribution in [3.8, 4) is 0 Å². The van der Waals surface area contributed by atoms with E-state index in [2.05, 4.69) is 10.3 Å². The van der Waals surface area contributed by atoms with E-state index in [0.717, 1.165) is 31.2 Å². The summed E-state index contributed by atoms with van der Waals surface area (Å²) in [5, 5.41) is 3.02. The van der Waals surface area contributed by atoms with Crippen molar-refractivity contribution in [2.24, 2.45) is 5.73 Å². The summed E-state index contributed by atoms with van der Waals surface area (Å²) < 4.78 is 0. The first-order valence-corrected chi connectivity index (χ1v) is 7.07. The van der Waals surface area contributed by atoms with Gasteiger partial charge >= 0.3 is 0 Å². The number of hydrogen-bond donors (Lipinski definition) is 2. The third-order valence-electron chi connectivity index (χ3n) is 3.95. The van der Waals surface area contributed by atoms with Gasteiger partial charge in [0.1, 0.15) is 0 Å². The van der Waals surface area contributed by atoms with E-state index in [9.17, 15) is 4.79 Å². The van der Waals surface area contributed by atoms with Crippen LogP contribution < -0.4 is 11.1 Å². The SMILES string of the molecule is CC(NC(=O)CC1(N)CCCCC1)c1ccncc1. The van der Waals surface area contributed by atoms with E-state index in [1.165, 1.54) is 6.42 Å². The van der Waals surface area contributed by atoms with E-state index in [1.54, 1.807) is 12.4 Å². The Kier molecular flexibility index (Phi) is 4.53. The topological polar surface area (TPSA) is 68.0 Å². The lowest BCUT2D eigenvalue weighted by Crippen LogP contribution is -2.46. The van der Waals surface area contributed by atoms with Crippen molar-refractivity contribution in [3.05, 3.63) is 30.1 Å². The Morgan fingerprint density at radius 2 is 2.00 bits per heavy atom. The molecular formula is C15H23N3O. The Bertz CT molecular complexity index is 413. The summed E-state index contributed by atoms with van der Waals surface area (Å²) in [6.07, 6.45) is 9.37. The zero-order chi connectivity index (χ0) is 13.7. The number of nitrogens with two attached hydrogens (primary N) is 1. The van der Waals surface area contributed by atoms with Crippen molar-refractivity contribution in [1.82, 2.24) is 10.3 Å². The molecule has 1 unspecified atom stereocenters. The molecule has 1 heterocycles. The Morgan fingerprint density at radius 3 is 2.63 bits per heavy atom. The Hall–Kier alpha value is -1.42. The zero-order valence-electron chi connectivity index (χ0n) is 11.6. The fraction of sp³-hybridized carbons (Fsp3) is 0.600. The summed E-state index contributed by atoms with van der Waals surface area (Å²) >= 11 is 0. The molecule has 104 valence electrons. The van der Waals surface area contributed by atoms with Crippen molar-refractivity contribution in [2.75, 3.05) is 0 Å². The van der Waals surface area contributed by atoms with Crippen molar-refractivity contribution in [1.29, 1.82) is 0 Å². The second-order valence-corrected chi connectivity index (χ2v) is 5.67. The van der Waals surface area contributed by atoms with E-state index in [4.69, 9.17) is 5.73 Å². The molecule has 0 aromatic carbocycles. The van der Waals surface area contributed by atoms with Crippen LogP contribution in [0.4, 0.5) is 0 Å². The molecule has 0 radical (unpaired) electrons. The number of carbonyl (C=O) groups is 1. The summed E-state index contributed by atoms with van der Waals surface area (Å²) in [7, 11) is 0. The van der Waals surface area contributed by atoms with Crippen LogP contribution in [0.15, 0.2) is 24.5 Å². The molecule has 2 rings (SSSR count). The number of hydrogen-bond acceptors (Lipinski definition) is 3. The molecule has 3 N–H and O–H groups in total. The van der Waals surface area contributed by atoms with Gasteiger partial charge in [-0.1, -0.05) is 19.3 Å². The second kappa shape index (κ2) is 6.15. The first-order chi connectivity index (χ1) is 9.09. The van der Waals surface area contributed by atoms with Crippen LogP contribution in [-0.2, 0) is 4.79 Å². The lowest BCUT2D eigenvalue weighted by Gasteiger charge is -2.33. The second-order valence-electron chi connectivity index (χ2n) is 5.67. The van der Waals surface area contributed by atoms with Crippen molar-refractivity contribution < 1.29 is 4.79 Å².